The number of anilines is 2. The Kier molecular flexibility index (Phi) is 8.89. The molecular weight excluding hydrogens is 524 g/mol. The van der Waals surface area contributed by atoms with E-state index < -0.39 is 22.5 Å². The van der Waals surface area contributed by atoms with Crippen molar-refractivity contribution in [2.45, 2.75) is 18.4 Å². The minimum atomic E-state index is -4.13. The van der Waals surface area contributed by atoms with E-state index in [1.54, 1.807) is 55.5 Å². The van der Waals surface area contributed by atoms with Gasteiger partial charge in [-0.25, -0.2) is 8.42 Å². The van der Waals surface area contributed by atoms with Crippen molar-refractivity contribution < 1.29 is 22.7 Å². The topological polar surface area (TPSA) is 84.9 Å². The van der Waals surface area contributed by atoms with E-state index in [1.165, 1.54) is 24.3 Å². The lowest BCUT2D eigenvalue weighted by Gasteiger charge is -2.26. The van der Waals surface area contributed by atoms with Gasteiger partial charge in [-0.05, 0) is 73.2 Å². The number of amides is 1. The Balaban J connectivity index is 1.52. The zero-order valence-electron chi connectivity index (χ0n) is 20.7. The van der Waals surface area contributed by atoms with E-state index in [0.717, 1.165) is 9.87 Å². The molecule has 38 heavy (non-hydrogen) atoms. The Morgan fingerprint density at radius 1 is 0.842 bits per heavy atom. The van der Waals surface area contributed by atoms with Crippen molar-refractivity contribution in [3.8, 4) is 11.5 Å². The summed E-state index contributed by atoms with van der Waals surface area (Å²) < 4.78 is 39.8. The van der Waals surface area contributed by atoms with Crippen LogP contribution in [0, 0.1) is 0 Å². The molecule has 0 spiro atoms. The van der Waals surface area contributed by atoms with E-state index in [4.69, 9.17) is 21.1 Å². The third-order valence-corrected chi connectivity index (χ3v) is 7.53. The molecule has 4 aromatic rings. The lowest BCUT2D eigenvalue weighted by molar-refractivity contribution is -0.114. The van der Waals surface area contributed by atoms with E-state index >= 15 is 0 Å². The fourth-order valence-electron chi connectivity index (χ4n) is 3.68. The molecule has 0 saturated carbocycles. The SMILES string of the molecule is CCOc1ccccc1N(CC(=O)Nc1ccc(OCc2ccccc2)cc1)S(=O)(=O)c1ccc(Cl)cc1. The first-order valence-electron chi connectivity index (χ1n) is 11.9. The summed E-state index contributed by atoms with van der Waals surface area (Å²) in [7, 11) is -4.13. The zero-order valence-corrected chi connectivity index (χ0v) is 22.3. The molecule has 0 aliphatic heterocycles. The standard InChI is InChI=1S/C29H27ClN2O5S/c1-2-36-28-11-7-6-10-27(28)32(38(34,35)26-18-12-23(30)13-19-26)20-29(33)31-24-14-16-25(17-15-24)37-21-22-8-4-3-5-9-22/h3-19H,2,20-21H2,1H3,(H,31,33). The van der Waals surface area contributed by atoms with Gasteiger partial charge in [-0.15, -0.1) is 0 Å². The van der Waals surface area contributed by atoms with Gasteiger partial charge in [0.15, 0.2) is 0 Å². The van der Waals surface area contributed by atoms with Crippen LogP contribution in [0.5, 0.6) is 11.5 Å². The van der Waals surface area contributed by atoms with Crippen molar-refractivity contribution in [3.05, 3.63) is 114 Å². The van der Waals surface area contributed by atoms with Crippen molar-refractivity contribution >= 4 is 38.9 Å². The van der Waals surface area contributed by atoms with Crippen molar-refractivity contribution in [1.82, 2.24) is 0 Å². The van der Waals surface area contributed by atoms with Crippen LogP contribution < -0.4 is 19.1 Å². The van der Waals surface area contributed by atoms with Crippen molar-refractivity contribution in [3.63, 3.8) is 0 Å². The first-order chi connectivity index (χ1) is 18.4. The summed E-state index contributed by atoms with van der Waals surface area (Å²) in [6.45, 7) is 2.08. The predicted octanol–water partition coefficient (Wildman–Crippen LogP) is 6.15. The van der Waals surface area contributed by atoms with Gasteiger partial charge < -0.3 is 14.8 Å². The molecule has 0 heterocycles. The fourth-order valence-corrected chi connectivity index (χ4v) is 5.24. The van der Waals surface area contributed by atoms with Crippen LogP contribution in [0.3, 0.4) is 0 Å². The van der Waals surface area contributed by atoms with Crippen molar-refractivity contribution in [2.75, 3.05) is 22.8 Å². The minimum Gasteiger partial charge on any atom is -0.492 e. The minimum absolute atomic E-state index is 0.000851. The van der Waals surface area contributed by atoms with Crippen LogP contribution in [0.15, 0.2) is 108 Å². The third kappa shape index (κ3) is 6.85. The molecule has 1 amide bonds. The summed E-state index contributed by atoms with van der Waals surface area (Å²) in [5.41, 5.74) is 1.80. The Morgan fingerprint density at radius 3 is 2.18 bits per heavy atom. The smallest absolute Gasteiger partial charge is 0.264 e. The van der Waals surface area contributed by atoms with Crippen molar-refractivity contribution in [1.29, 1.82) is 0 Å². The van der Waals surface area contributed by atoms with Gasteiger partial charge in [-0.3, -0.25) is 9.10 Å². The summed E-state index contributed by atoms with van der Waals surface area (Å²) in [5.74, 6) is 0.469. The Labute approximate surface area is 227 Å². The van der Waals surface area contributed by atoms with Crippen LogP contribution in [0.25, 0.3) is 0 Å². The maximum Gasteiger partial charge on any atom is 0.264 e. The molecule has 9 heteroatoms. The maximum atomic E-state index is 13.7. The highest BCUT2D eigenvalue weighted by Crippen LogP contribution is 2.33. The van der Waals surface area contributed by atoms with Gasteiger partial charge in [-0.2, -0.15) is 0 Å². The number of benzene rings is 4. The highest BCUT2D eigenvalue weighted by molar-refractivity contribution is 7.92. The highest BCUT2D eigenvalue weighted by Gasteiger charge is 2.29. The van der Waals surface area contributed by atoms with Gasteiger partial charge in [-0.1, -0.05) is 54.1 Å². The summed E-state index contributed by atoms with van der Waals surface area (Å²) >= 11 is 5.96. The fraction of sp³-hybridized carbons (Fsp3) is 0.138. The van der Waals surface area contributed by atoms with Crippen LogP contribution in [0.1, 0.15) is 12.5 Å². The van der Waals surface area contributed by atoms with Crippen LogP contribution in [0.2, 0.25) is 5.02 Å². The second kappa shape index (κ2) is 12.5. The number of carbonyl (C=O) groups is 1. The molecule has 4 rings (SSSR count). The molecule has 0 fully saturated rings. The van der Waals surface area contributed by atoms with Crippen LogP contribution in [0.4, 0.5) is 11.4 Å². The van der Waals surface area contributed by atoms with Gasteiger partial charge in [0.05, 0.1) is 17.2 Å². The summed E-state index contributed by atoms with van der Waals surface area (Å²) in [4.78, 5) is 13.1. The maximum absolute atomic E-state index is 13.7. The molecule has 4 aromatic carbocycles. The number of sulfonamides is 1. The predicted molar refractivity (Wildman–Crippen MR) is 149 cm³/mol. The van der Waals surface area contributed by atoms with E-state index in [9.17, 15) is 13.2 Å². The number of rotatable bonds is 11. The number of halogens is 1. The van der Waals surface area contributed by atoms with Gasteiger partial charge in [0.1, 0.15) is 24.7 Å². The van der Waals surface area contributed by atoms with Crippen molar-refractivity contribution in [2.24, 2.45) is 0 Å². The van der Waals surface area contributed by atoms with Crippen LogP contribution in [-0.4, -0.2) is 27.5 Å². The normalized spacial score (nSPS) is 11.0. The molecular formula is C29H27ClN2O5S. The van der Waals surface area contributed by atoms with Gasteiger partial charge in [0.25, 0.3) is 10.0 Å². The van der Waals surface area contributed by atoms with E-state index in [-0.39, 0.29) is 10.6 Å². The number of para-hydroxylation sites is 2. The second-order valence-electron chi connectivity index (χ2n) is 8.21. The van der Waals surface area contributed by atoms with Gasteiger partial charge >= 0.3 is 0 Å². The monoisotopic (exact) mass is 550 g/mol. The average Bonchev–Trinajstić information content (AvgIpc) is 2.93. The zero-order chi connectivity index (χ0) is 27.0. The van der Waals surface area contributed by atoms with E-state index in [2.05, 4.69) is 5.32 Å². The molecule has 0 aliphatic rings. The van der Waals surface area contributed by atoms with Gasteiger partial charge in [0.2, 0.25) is 5.91 Å². The molecule has 1 N–H and O–H groups in total. The second-order valence-corrected chi connectivity index (χ2v) is 10.5. The third-order valence-electron chi connectivity index (χ3n) is 5.51. The molecule has 0 atom stereocenters. The van der Waals surface area contributed by atoms with Gasteiger partial charge in [0, 0.05) is 10.7 Å². The quantitative estimate of drug-likeness (QED) is 0.242. The number of carbonyl (C=O) groups excluding carboxylic acids is 1. The summed E-state index contributed by atoms with van der Waals surface area (Å²) in [6.07, 6.45) is 0. The highest BCUT2D eigenvalue weighted by atomic mass is 35.5. The lowest BCUT2D eigenvalue weighted by atomic mass is 10.2. The molecule has 0 saturated heterocycles. The molecule has 0 bridgehead atoms. The molecule has 196 valence electrons. The Hall–Kier alpha value is -4.01. The van der Waals surface area contributed by atoms with Crippen LogP contribution >= 0.6 is 11.6 Å². The molecule has 0 radical (unpaired) electrons. The summed E-state index contributed by atoms with van der Waals surface area (Å²) in [5, 5.41) is 3.17. The molecule has 0 aromatic heterocycles. The molecule has 0 unspecified atom stereocenters. The number of hydrogen-bond donors (Lipinski definition) is 1. The number of nitrogens with zero attached hydrogens (tertiary/aromatic N) is 1. The number of ether oxygens (including phenoxy) is 2. The van der Waals surface area contributed by atoms with E-state index in [0.29, 0.717) is 35.4 Å². The lowest BCUT2D eigenvalue weighted by Crippen LogP contribution is -2.38. The van der Waals surface area contributed by atoms with Crippen LogP contribution in [-0.2, 0) is 21.4 Å². The Bertz CT molecular complexity index is 1460. The first-order valence-corrected chi connectivity index (χ1v) is 13.8. The largest absolute Gasteiger partial charge is 0.492 e. The average molecular weight is 551 g/mol. The number of nitrogens with one attached hydrogen (secondary N) is 1. The molecule has 0 aliphatic carbocycles. The Morgan fingerprint density at radius 2 is 1.50 bits per heavy atom. The molecule has 7 nitrogen and oxygen atoms in total. The van der Waals surface area contributed by atoms with E-state index in [1.807, 2.05) is 30.3 Å². The summed E-state index contributed by atoms with van der Waals surface area (Å²) in [6, 6.07) is 29.1. The first kappa shape index (κ1) is 27.0. The number of hydrogen-bond acceptors (Lipinski definition) is 5.